The van der Waals surface area contributed by atoms with Crippen LogP contribution in [-0.2, 0) is 5.60 Å². The van der Waals surface area contributed by atoms with E-state index in [0.717, 1.165) is 10.4 Å². The topological polar surface area (TPSA) is 49.3 Å². The van der Waals surface area contributed by atoms with Crippen LogP contribution in [0.3, 0.4) is 0 Å². The van der Waals surface area contributed by atoms with E-state index >= 15 is 0 Å². The molecule has 0 saturated carbocycles. The second-order valence-corrected chi connectivity index (χ2v) is 6.02. The average molecular weight is 275 g/mol. The Hall–Kier alpha value is -1.65. The van der Waals surface area contributed by atoms with Crippen LogP contribution in [0.15, 0.2) is 42.5 Å². The van der Waals surface area contributed by atoms with Crippen molar-refractivity contribution in [3.05, 3.63) is 57.8 Å². The summed E-state index contributed by atoms with van der Waals surface area (Å²) in [5.74, 6) is -0.144. The number of benzene rings is 1. The number of hydrogen-bond acceptors (Lipinski definition) is 3. The van der Waals surface area contributed by atoms with Gasteiger partial charge in [0.1, 0.15) is 5.60 Å². The monoisotopic (exact) mass is 275 g/mol. The minimum atomic E-state index is -1.07. The van der Waals surface area contributed by atoms with Crippen molar-refractivity contribution in [3.63, 3.8) is 0 Å². The molecular formula is C15H17NO2S. The molecule has 3 nitrogen and oxygen atoms in total. The van der Waals surface area contributed by atoms with Gasteiger partial charge >= 0.3 is 0 Å². The smallest absolute Gasteiger partial charge is 0.261 e. The number of thiophene rings is 1. The van der Waals surface area contributed by atoms with Crippen LogP contribution in [0.2, 0.25) is 0 Å². The van der Waals surface area contributed by atoms with Gasteiger partial charge in [0.2, 0.25) is 0 Å². The zero-order chi connectivity index (χ0) is 13.9. The van der Waals surface area contributed by atoms with Gasteiger partial charge in [-0.05, 0) is 31.5 Å². The van der Waals surface area contributed by atoms with Gasteiger partial charge in [0.05, 0.1) is 11.4 Å². The van der Waals surface area contributed by atoms with Crippen molar-refractivity contribution < 1.29 is 9.90 Å². The second kappa shape index (κ2) is 5.55. The first-order chi connectivity index (χ1) is 8.99. The lowest BCUT2D eigenvalue weighted by Gasteiger charge is -2.24. The summed E-state index contributed by atoms with van der Waals surface area (Å²) in [6.45, 7) is 3.84. The van der Waals surface area contributed by atoms with Crippen LogP contribution in [0.1, 0.15) is 27.0 Å². The third-order valence-corrected chi connectivity index (χ3v) is 3.95. The molecule has 0 aliphatic carbocycles. The molecule has 1 aromatic carbocycles. The zero-order valence-corrected chi connectivity index (χ0v) is 11.8. The largest absolute Gasteiger partial charge is 0.384 e. The van der Waals surface area contributed by atoms with Crippen LogP contribution in [0.4, 0.5) is 0 Å². The second-order valence-electron chi connectivity index (χ2n) is 4.73. The number of rotatable bonds is 4. The molecule has 1 heterocycles. The molecule has 0 saturated heterocycles. The molecule has 19 heavy (non-hydrogen) atoms. The van der Waals surface area contributed by atoms with E-state index in [2.05, 4.69) is 5.32 Å². The Labute approximate surface area is 116 Å². The summed E-state index contributed by atoms with van der Waals surface area (Å²) < 4.78 is 0. The van der Waals surface area contributed by atoms with Crippen LogP contribution < -0.4 is 5.32 Å². The van der Waals surface area contributed by atoms with Gasteiger partial charge in [-0.3, -0.25) is 4.79 Å². The third-order valence-electron chi connectivity index (χ3n) is 2.95. The molecule has 1 aromatic heterocycles. The van der Waals surface area contributed by atoms with Crippen molar-refractivity contribution in [2.45, 2.75) is 19.4 Å². The van der Waals surface area contributed by atoms with E-state index in [1.807, 2.05) is 43.3 Å². The summed E-state index contributed by atoms with van der Waals surface area (Å²) in [6, 6.07) is 13.0. The van der Waals surface area contributed by atoms with Crippen molar-refractivity contribution in [1.29, 1.82) is 0 Å². The molecule has 0 radical (unpaired) electrons. The Bertz CT molecular complexity index is 561. The van der Waals surface area contributed by atoms with Gasteiger partial charge in [-0.1, -0.05) is 30.3 Å². The lowest BCUT2D eigenvalue weighted by Crippen LogP contribution is -2.38. The number of hydrogen-bond donors (Lipinski definition) is 2. The molecule has 1 unspecified atom stereocenters. The fraction of sp³-hybridized carbons (Fsp3) is 0.267. The van der Waals surface area contributed by atoms with Crippen molar-refractivity contribution in [3.8, 4) is 0 Å². The number of amides is 1. The number of nitrogens with one attached hydrogen (secondary N) is 1. The number of carbonyl (C=O) groups is 1. The number of aryl methyl sites for hydroxylation is 1. The Kier molecular flexibility index (Phi) is 4.02. The first kappa shape index (κ1) is 13.8. The van der Waals surface area contributed by atoms with Gasteiger partial charge in [0, 0.05) is 4.88 Å². The fourth-order valence-corrected chi connectivity index (χ4v) is 2.58. The molecule has 0 aliphatic rings. The number of aliphatic hydroxyl groups is 1. The highest BCUT2D eigenvalue weighted by atomic mass is 32.1. The lowest BCUT2D eigenvalue weighted by atomic mass is 9.96. The molecule has 1 amide bonds. The maximum Gasteiger partial charge on any atom is 0.261 e. The molecule has 0 spiro atoms. The minimum Gasteiger partial charge on any atom is -0.384 e. The molecule has 0 aliphatic heterocycles. The predicted molar refractivity (Wildman–Crippen MR) is 77.4 cm³/mol. The van der Waals surface area contributed by atoms with E-state index in [1.165, 1.54) is 11.3 Å². The molecule has 0 bridgehead atoms. The number of carbonyl (C=O) groups excluding carboxylic acids is 1. The van der Waals surface area contributed by atoms with Gasteiger partial charge in [0.15, 0.2) is 0 Å². The van der Waals surface area contributed by atoms with Crippen molar-refractivity contribution >= 4 is 17.2 Å². The van der Waals surface area contributed by atoms with E-state index in [4.69, 9.17) is 0 Å². The Morgan fingerprint density at radius 1 is 1.26 bits per heavy atom. The summed E-state index contributed by atoms with van der Waals surface area (Å²) in [5, 5.41) is 13.1. The highest BCUT2D eigenvalue weighted by Crippen LogP contribution is 2.20. The molecule has 4 heteroatoms. The van der Waals surface area contributed by atoms with Crippen LogP contribution >= 0.6 is 11.3 Å². The van der Waals surface area contributed by atoms with Crippen LogP contribution in [0.5, 0.6) is 0 Å². The minimum absolute atomic E-state index is 0.144. The predicted octanol–water partition coefficient (Wildman–Crippen LogP) is 2.69. The summed E-state index contributed by atoms with van der Waals surface area (Å²) in [5.41, 5.74) is -0.277. The van der Waals surface area contributed by atoms with Gasteiger partial charge in [-0.15, -0.1) is 11.3 Å². The highest BCUT2D eigenvalue weighted by molar-refractivity contribution is 7.13. The van der Waals surface area contributed by atoms with E-state index in [1.54, 1.807) is 13.0 Å². The van der Waals surface area contributed by atoms with Gasteiger partial charge in [-0.25, -0.2) is 0 Å². The maximum atomic E-state index is 11.9. The SMILES string of the molecule is Cc1ccc(C(=O)NCC(C)(O)c2ccccc2)s1. The van der Waals surface area contributed by atoms with Gasteiger partial charge in [-0.2, -0.15) is 0 Å². The van der Waals surface area contributed by atoms with E-state index < -0.39 is 5.60 Å². The maximum absolute atomic E-state index is 11.9. The summed E-state index contributed by atoms with van der Waals surface area (Å²) >= 11 is 1.45. The van der Waals surface area contributed by atoms with Gasteiger partial charge in [0.25, 0.3) is 5.91 Å². The van der Waals surface area contributed by atoms with Gasteiger partial charge < -0.3 is 10.4 Å². The molecule has 2 N–H and O–H groups in total. The quantitative estimate of drug-likeness (QED) is 0.901. The summed E-state index contributed by atoms with van der Waals surface area (Å²) in [6.07, 6.45) is 0. The van der Waals surface area contributed by atoms with E-state index in [0.29, 0.717) is 4.88 Å². The van der Waals surface area contributed by atoms with E-state index in [9.17, 15) is 9.90 Å². The molecule has 1 atom stereocenters. The Morgan fingerprint density at radius 3 is 2.53 bits per heavy atom. The fourth-order valence-electron chi connectivity index (χ4n) is 1.80. The van der Waals surface area contributed by atoms with E-state index in [-0.39, 0.29) is 12.5 Å². The summed E-state index contributed by atoms with van der Waals surface area (Å²) in [4.78, 5) is 13.7. The van der Waals surface area contributed by atoms with Crippen LogP contribution in [-0.4, -0.2) is 17.6 Å². The molecular weight excluding hydrogens is 258 g/mol. The van der Waals surface area contributed by atoms with Crippen molar-refractivity contribution in [2.24, 2.45) is 0 Å². The lowest BCUT2D eigenvalue weighted by molar-refractivity contribution is 0.0527. The Balaban J connectivity index is 2.00. The summed E-state index contributed by atoms with van der Waals surface area (Å²) in [7, 11) is 0. The van der Waals surface area contributed by atoms with Crippen molar-refractivity contribution in [1.82, 2.24) is 5.32 Å². The first-order valence-corrected chi connectivity index (χ1v) is 6.93. The van der Waals surface area contributed by atoms with Crippen LogP contribution in [0, 0.1) is 6.92 Å². The normalized spacial score (nSPS) is 13.8. The highest BCUT2D eigenvalue weighted by Gasteiger charge is 2.23. The zero-order valence-electron chi connectivity index (χ0n) is 11.0. The average Bonchev–Trinajstić information content (AvgIpc) is 2.84. The van der Waals surface area contributed by atoms with Crippen molar-refractivity contribution in [2.75, 3.05) is 6.54 Å². The molecule has 0 fully saturated rings. The first-order valence-electron chi connectivity index (χ1n) is 6.11. The molecule has 100 valence electrons. The molecule has 2 aromatic rings. The molecule has 2 rings (SSSR count). The third kappa shape index (κ3) is 3.43. The standard InChI is InChI=1S/C15H17NO2S/c1-11-8-9-13(19-11)14(17)16-10-15(2,18)12-6-4-3-5-7-12/h3-9,18H,10H2,1-2H3,(H,16,17). The van der Waals surface area contributed by atoms with Crippen LogP contribution in [0.25, 0.3) is 0 Å². The Morgan fingerprint density at radius 2 is 1.95 bits per heavy atom.